The zero-order valence-electron chi connectivity index (χ0n) is 10.6. The number of carbonyl (C=O) groups is 1. The van der Waals surface area contributed by atoms with Crippen LogP contribution >= 0.6 is 0 Å². The lowest BCUT2D eigenvalue weighted by Gasteiger charge is -2.31. The van der Waals surface area contributed by atoms with Gasteiger partial charge in [0.15, 0.2) is 11.2 Å². The molecule has 0 aromatic carbocycles. The summed E-state index contributed by atoms with van der Waals surface area (Å²) in [7, 11) is 0. The number of pyridine rings is 1. The molecule has 1 saturated heterocycles. The van der Waals surface area contributed by atoms with Crippen LogP contribution < -0.4 is 5.32 Å². The number of carbonyl (C=O) groups excluding carboxylic acids is 1. The van der Waals surface area contributed by atoms with E-state index in [0.717, 1.165) is 0 Å². The molecule has 10 heteroatoms. The third-order valence-corrected chi connectivity index (χ3v) is 3.38. The molecule has 1 unspecified atom stereocenters. The van der Waals surface area contributed by atoms with Crippen LogP contribution in [0.15, 0.2) is 18.3 Å². The summed E-state index contributed by atoms with van der Waals surface area (Å²) in [4.78, 5) is 12.1. The van der Waals surface area contributed by atoms with Gasteiger partial charge in [-0.3, -0.25) is 4.79 Å². The van der Waals surface area contributed by atoms with E-state index < -0.39 is 24.2 Å². The van der Waals surface area contributed by atoms with Crippen molar-refractivity contribution in [3.05, 3.63) is 23.9 Å². The number of alkyl halides is 3. The average Bonchev–Trinajstić information content (AvgIpc) is 3.05. The molecule has 0 saturated carbocycles. The highest BCUT2D eigenvalue weighted by atomic mass is 19.4. The van der Waals surface area contributed by atoms with Crippen molar-refractivity contribution in [3.8, 4) is 0 Å². The van der Waals surface area contributed by atoms with Crippen molar-refractivity contribution in [2.24, 2.45) is 0 Å². The summed E-state index contributed by atoms with van der Waals surface area (Å²) < 4.78 is 45.6. The van der Waals surface area contributed by atoms with Gasteiger partial charge in [0.05, 0.1) is 6.61 Å². The standard InChI is InChI=1S/C11H10F3N5O2/c12-11(13,14)10(2-4-21-6-10)15-9(20)7-1-3-19-8(5-7)16-17-18-19/h1,3,5H,2,4,6H2,(H,15,20). The Labute approximate surface area is 116 Å². The molecule has 0 bridgehead atoms. The summed E-state index contributed by atoms with van der Waals surface area (Å²) in [5, 5.41) is 12.7. The van der Waals surface area contributed by atoms with Crippen LogP contribution in [0.25, 0.3) is 5.65 Å². The first kappa shape index (κ1) is 13.7. The Morgan fingerprint density at radius 2 is 2.29 bits per heavy atom. The summed E-state index contributed by atoms with van der Waals surface area (Å²) in [6, 6.07) is 2.66. The van der Waals surface area contributed by atoms with E-state index in [1.807, 2.05) is 5.32 Å². The lowest BCUT2D eigenvalue weighted by Crippen LogP contribution is -2.59. The number of hydrogen-bond acceptors (Lipinski definition) is 5. The molecule has 1 amide bonds. The van der Waals surface area contributed by atoms with Gasteiger partial charge in [-0.2, -0.15) is 13.2 Å². The molecular weight excluding hydrogens is 291 g/mol. The second-order valence-electron chi connectivity index (χ2n) is 4.73. The third kappa shape index (κ3) is 2.31. The Morgan fingerprint density at radius 3 is 2.95 bits per heavy atom. The Kier molecular flexibility index (Phi) is 3.04. The number of nitrogens with zero attached hydrogens (tertiary/aromatic N) is 4. The fourth-order valence-electron chi connectivity index (χ4n) is 2.13. The molecule has 1 N–H and O–H groups in total. The first-order valence-corrected chi connectivity index (χ1v) is 6.06. The highest BCUT2D eigenvalue weighted by molar-refractivity contribution is 5.95. The van der Waals surface area contributed by atoms with E-state index in [9.17, 15) is 18.0 Å². The third-order valence-electron chi connectivity index (χ3n) is 3.38. The van der Waals surface area contributed by atoms with Crippen LogP contribution in [0.3, 0.4) is 0 Å². The molecule has 21 heavy (non-hydrogen) atoms. The van der Waals surface area contributed by atoms with Gasteiger partial charge in [0.25, 0.3) is 5.91 Å². The molecule has 0 aliphatic carbocycles. The van der Waals surface area contributed by atoms with Gasteiger partial charge in [-0.05, 0) is 22.6 Å². The number of fused-ring (bicyclic) bond motifs is 1. The van der Waals surface area contributed by atoms with Gasteiger partial charge < -0.3 is 10.1 Å². The number of aromatic nitrogens is 4. The second kappa shape index (κ2) is 4.65. The van der Waals surface area contributed by atoms with Gasteiger partial charge in [0, 0.05) is 24.8 Å². The lowest BCUT2D eigenvalue weighted by molar-refractivity contribution is -0.192. The molecule has 112 valence electrons. The number of ether oxygens (including phenoxy) is 1. The van der Waals surface area contributed by atoms with E-state index >= 15 is 0 Å². The van der Waals surface area contributed by atoms with Crippen LogP contribution in [0.1, 0.15) is 16.8 Å². The normalized spacial score (nSPS) is 22.6. The van der Waals surface area contributed by atoms with E-state index in [1.165, 1.54) is 22.8 Å². The summed E-state index contributed by atoms with van der Waals surface area (Å²) in [6.07, 6.45) is -3.49. The van der Waals surface area contributed by atoms with Gasteiger partial charge in [-0.15, -0.1) is 5.10 Å². The fourth-order valence-corrected chi connectivity index (χ4v) is 2.13. The molecule has 0 radical (unpaired) electrons. The Balaban J connectivity index is 1.87. The molecule has 7 nitrogen and oxygen atoms in total. The van der Waals surface area contributed by atoms with Gasteiger partial charge in [0.1, 0.15) is 0 Å². The molecule has 2 aromatic rings. The zero-order chi connectivity index (χ0) is 15.1. The van der Waals surface area contributed by atoms with Gasteiger partial charge in [0.2, 0.25) is 0 Å². The molecule has 3 heterocycles. The Morgan fingerprint density at radius 1 is 1.48 bits per heavy atom. The summed E-state index contributed by atoms with van der Waals surface area (Å²) in [6.45, 7) is -0.635. The van der Waals surface area contributed by atoms with Crippen molar-refractivity contribution in [2.45, 2.75) is 18.1 Å². The number of hydrogen-bond donors (Lipinski definition) is 1. The summed E-state index contributed by atoms with van der Waals surface area (Å²) in [5.41, 5.74) is -2.03. The number of halogens is 3. The minimum absolute atomic E-state index is 0.0487. The highest BCUT2D eigenvalue weighted by Gasteiger charge is 2.58. The molecule has 1 aliphatic rings. The van der Waals surface area contributed by atoms with Crippen LogP contribution in [0.5, 0.6) is 0 Å². The number of nitrogens with one attached hydrogen (secondary N) is 1. The van der Waals surface area contributed by atoms with Crippen LogP contribution in [0.4, 0.5) is 13.2 Å². The Hall–Kier alpha value is -2.23. The van der Waals surface area contributed by atoms with Crippen molar-refractivity contribution in [3.63, 3.8) is 0 Å². The van der Waals surface area contributed by atoms with Gasteiger partial charge >= 0.3 is 6.18 Å². The highest BCUT2D eigenvalue weighted by Crippen LogP contribution is 2.37. The van der Waals surface area contributed by atoms with Crippen LogP contribution in [0.2, 0.25) is 0 Å². The fraction of sp³-hybridized carbons (Fsp3) is 0.455. The zero-order valence-corrected chi connectivity index (χ0v) is 10.6. The maximum absolute atomic E-state index is 13.2. The first-order valence-electron chi connectivity index (χ1n) is 6.06. The smallest absolute Gasteiger partial charge is 0.379 e. The van der Waals surface area contributed by atoms with E-state index in [-0.39, 0.29) is 24.2 Å². The molecule has 2 aromatic heterocycles. The Bertz CT molecular complexity index is 678. The van der Waals surface area contributed by atoms with E-state index in [4.69, 9.17) is 4.74 Å². The summed E-state index contributed by atoms with van der Waals surface area (Å²) in [5.74, 6) is -0.844. The van der Waals surface area contributed by atoms with Crippen molar-refractivity contribution >= 4 is 11.6 Å². The van der Waals surface area contributed by atoms with Crippen molar-refractivity contribution in [2.75, 3.05) is 13.2 Å². The minimum Gasteiger partial charge on any atom is -0.379 e. The van der Waals surface area contributed by atoms with E-state index in [1.54, 1.807) is 0 Å². The number of tetrazole rings is 1. The second-order valence-corrected chi connectivity index (χ2v) is 4.73. The largest absolute Gasteiger partial charge is 0.413 e. The van der Waals surface area contributed by atoms with Crippen molar-refractivity contribution in [1.29, 1.82) is 0 Å². The molecular formula is C11H10F3N5O2. The molecule has 1 aliphatic heterocycles. The maximum Gasteiger partial charge on any atom is 0.413 e. The van der Waals surface area contributed by atoms with Crippen LogP contribution in [0, 0.1) is 0 Å². The minimum atomic E-state index is -4.58. The SMILES string of the molecule is O=C(NC1(C(F)(F)F)CCOC1)c1ccn2nnnc2c1. The number of rotatable bonds is 2. The van der Waals surface area contributed by atoms with Gasteiger partial charge in [-0.25, -0.2) is 4.52 Å². The molecule has 0 spiro atoms. The van der Waals surface area contributed by atoms with Crippen molar-refractivity contribution < 1.29 is 22.7 Å². The lowest BCUT2D eigenvalue weighted by atomic mass is 9.97. The average molecular weight is 301 g/mol. The topological polar surface area (TPSA) is 81.4 Å². The van der Waals surface area contributed by atoms with Crippen LogP contribution in [-0.4, -0.2) is 50.9 Å². The predicted molar refractivity (Wildman–Crippen MR) is 62.5 cm³/mol. The van der Waals surface area contributed by atoms with Crippen molar-refractivity contribution in [1.82, 2.24) is 25.4 Å². The molecule has 3 rings (SSSR count). The predicted octanol–water partition coefficient (Wildman–Crippen LogP) is 0.575. The first-order chi connectivity index (χ1) is 9.91. The van der Waals surface area contributed by atoms with E-state index in [0.29, 0.717) is 0 Å². The monoisotopic (exact) mass is 301 g/mol. The quantitative estimate of drug-likeness (QED) is 0.877. The van der Waals surface area contributed by atoms with Gasteiger partial charge in [-0.1, -0.05) is 0 Å². The molecule has 1 atom stereocenters. The van der Waals surface area contributed by atoms with Crippen LogP contribution in [-0.2, 0) is 4.74 Å². The maximum atomic E-state index is 13.2. The van der Waals surface area contributed by atoms with E-state index in [2.05, 4.69) is 15.5 Å². The molecule has 1 fully saturated rings. The summed E-state index contributed by atoms with van der Waals surface area (Å²) >= 11 is 0. The number of amides is 1.